The first kappa shape index (κ1) is 57.0. The fraction of sp³-hybridized carbons (Fsp3) is 0.907. The third kappa shape index (κ3) is 16.6. The zero-order valence-electron chi connectivity index (χ0n) is 37.2. The third-order valence-corrected chi connectivity index (χ3v) is 11.0. The van der Waals surface area contributed by atoms with Gasteiger partial charge in [0.25, 0.3) is 0 Å². The number of rotatable bonds is 22. The van der Waals surface area contributed by atoms with Crippen LogP contribution >= 0.6 is 0 Å². The highest BCUT2D eigenvalue weighted by molar-refractivity contribution is 5.83. The summed E-state index contributed by atoms with van der Waals surface area (Å²) in [6.45, 7) is 23.0. The van der Waals surface area contributed by atoms with Crippen LogP contribution in [0.5, 0.6) is 0 Å². The van der Waals surface area contributed by atoms with Crippen molar-refractivity contribution in [1.82, 2.24) is 0 Å². The Morgan fingerprint density at radius 2 is 0.982 bits per heavy atom. The number of aliphatic hydroxyl groups excluding tert-OH is 2. The molecule has 2 aliphatic heterocycles. The van der Waals surface area contributed by atoms with Crippen LogP contribution in [0.15, 0.2) is 0 Å². The Bertz CT molecular complexity index is 980. The van der Waals surface area contributed by atoms with E-state index in [0.29, 0.717) is 19.3 Å². The lowest BCUT2D eigenvalue weighted by Gasteiger charge is -2.38. The lowest BCUT2D eigenvalue weighted by Crippen LogP contribution is -2.42. The Morgan fingerprint density at radius 1 is 0.673 bits per heavy atom. The van der Waals surface area contributed by atoms with E-state index in [-0.39, 0.29) is 102 Å². The molecule has 0 radical (unpaired) electrons. The molecule has 2 fully saturated rings. The van der Waals surface area contributed by atoms with Crippen molar-refractivity contribution in [3.8, 4) is 0 Å². The van der Waals surface area contributed by atoms with Gasteiger partial charge in [-0.15, -0.1) is 0 Å². The molecule has 2 rings (SSSR count). The van der Waals surface area contributed by atoms with Crippen LogP contribution in [0.4, 0.5) is 8.78 Å². The molecule has 2 saturated heterocycles. The number of carbonyl (C=O) groups is 4. The monoisotopic (exact) mass is 797 g/mol. The molecule has 0 aromatic rings. The average Bonchev–Trinajstić information content (AvgIpc) is 3.72. The second kappa shape index (κ2) is 29.8. The quantitative estimate of drug-likeness (QED) is 0.0803. The number of hydrogen-bond acceptors (Lipinski definition) is 10. The molecule has 328 valence electrons. The fourth-order valence-electron chi connectivity index (χ4n) is 8.37. The molecule has 0 amide bonds. The number of carbonyl (C=O) groups excluding carboxylic acids is 4. The minimum atomic E-state index is -1.38. The van der Waals surface area contributed by atoms with Crippen LogP contribution in [-0.4, -0.2) is 87.1 Å². The van der Waals surface area contributed by atoms with E-state index in [1.54, 1.807) is 13.8 Å². The van der Waals surface area contributed by atoms with Crippen molar-refractivity contribution in [3.63, 3.8) is 0 Å². The van der Waals surface area contributed by atoms with Crippen LogP contribution in [0, 0.1) is 33.5 Å². The van der Waals surface area contributed by atoms with Gasteiger partial charge in [-0.2, -0.15) is 0 Å². The van der Waals surface area contributed by atoms with Gasteiger partial charge in [0.1, 0.15) is 12.3 Å². The number of halogens is 2. The van der Waals surface area contributed by atoms with Crippen molar-refractivity contribution in [1.29, 1.82) is 0 Å². The SMILES string of the molecule is CC.CC.CC.CC.CCC(CCO)(CC1(CC(F)CC(C)CC(C)CC(F)CC2(CC(CC)(CCO)C(=O)OC)CCOC2=O)CCOC1=O)C(=O)OC. The van der Waals surface area contributed by atoms with Gasteiger partial charge in [-0.25, -0.2) is 8.78 Å². The van der Waals surface area contributed by atoms with Crippen molar-refractivity contribution in [2.75, 3.05) is 40.6 Å². The summed E-state index contributed by atoms with van der Waals surface area (Å²) in [6, 6.07) is 0. The third-order valence-electron chi connectivity index (χ3n) is 11.0. The van der Waals surface area contributed by atoms with Gasteiger partial charge in [0.2, 0.25) is 0 Å². The smallest absolute Gasteiger partial charge is 0.312 e. The molecule has 12 heteroatoms. The molecule has 0 saturated carbocycles. The van der Waals surface area contributed by atoms with Crippen LogP contribution < -0.4 is 0 Å². The Kier molecular flexibility index (Phi) is 30.9. The number of hydrogen-bond donors (Lipinski definition) is 2. The second-order valence-electron chi connectivity index (χ2n) is 14.4. The summed E-state index contributed by atoms with van der Waals surface area (Å²) >= 11 is 0. The van der Waals surface area contributed by atoms with Gasteiger partial charge in [0.15, 0.2) is 0 Å². The molecule has 0 aliphatic carbocycles. The Hall–Kier alpha value is -2.34. The maximum absolute atomic E-state index is 15.7. The van der Waals surface area contributed by atoms with Crippen molar-refractivity contribution in [2.45, 2.75) is 179 Å². The van der Waals surface area contributed by atoms with Gasteiger partial charge in [-0.3, -0.25) is 19.2 Å². The lowest BCUT2D eigenvalue weighted by molar-refractivity contribution is -0.162. The fourth-order valence-corrected chi connectivity index (χ4v) is 8.37. The number of aliphatic hydroxyl groups is 2. The van der Waals surface area contributed by atoms with Crippen LogP contribution in [0.1, 0.15) is 167 Å². The van der Waals surface area contributed by atoms with Crippen LogP contribution in [-0.2, 0) is 38.1 Å². The summed E-state index contributed by atoms with van der Waals surface area (Å²) in [5.74, 6) is -2.48. The van der Waals surface area contributed by atoms with Gasteiger partial charge < -0.3 is 29.2 Å². The van der Waals surface area contributed by atoms with E-state index in [1.807, 2.05) is 69.2 Å². The normalized spacial score (nSPS) is 22.9. The zero-order valence-corrected chi connectivity index (χ0v) is 37.2. The van der Waals surface area contributed by atoms with E-state index in [4.69, 9.17) is 18.9 Å². The van der Waals surface area contributed by atoms with Gasteiger partial charge in [0.05, 0.1) is 49.1 Å². The minimum Gasteiger partial charge on any atom is -0.469 e. The molecular weight excluding hydrogens is 714 g/mol. The van der Waals surface area contributed by atoms with Crippen LogP contribution in [0.25, 0.3) is 0 Å². The summed E-state index contributed by atoms with van der Waals surface area (Å²) in [4.78, 5) is 51.6. The molecule has 8 unspecified atom stereocenters. The van der Waals surface area contributed by atoms with Crippen LogP contribution in [0.3, 0.4) is 0 Å². The van der Waals surface area contributed by atoms with Crippen molar-refractivity contribution < 1.29 is 57.1 Å². The molecule has 0 bridgehead atoms. The molecule has 55 heavy (non-hydrogen) atoms. The standard InChI is InChI=1S/C35H58F2O10.4C2H6/c1-7-32(9-13-38,28(40)44-5)22-34(11-15-46-30(34)42)20-26(36)18-24(3)17-25(4)19-27(37)21-35(12-16-47-31(35)43)23-33(8-2,10-14-39)29(41)45-6;4*1-2/h24-27,38-39H,7-23H2,1-6H3;4*1-2H3. The number of cyclic esters (lactones) is 2. The van der Waals surface area contributed by atoms with Crippen LogP contribution in [0.2, 0.25) is 0 Å². The first-order chi connectivity index (χ1) is 26.2. The number of esters is 4. The van der Waals surface area contributed by atoms with Crippen molar-refractivity contribution in [2.24, 2.45) is 33.5 Å². The summed E-state index contributed by atoms with van der Waals surface area (Å²) < 4.78 is 52.1. The molecule has 2 aliphatic rings. The summed E-state index contributed by atoms with van der Waals surface area (Å²) in [5, 5.41) is 19.4. The van der Waals surface area contributed by atoms with Crippen molar-refractivity contribution >= 4 is 23.9 Å². The number of ether oxygens (including phenoxy) is 4. The Labute approximate surface area is 333 Å². The lowest BCUT2D eigenvalue weighted by atomic mass is 9.65. The molecule has 2 N–H and O–H groups in total. The Balaban J connectivity index is -0.00000316. The second-order valence-corrected chi connectivity index (χ2v) is 14.4. The van der Waals surface area contributed by atoms with Gasteiger partial charge in [0, 0.05) is 13.2 Å². The topological polar surface area (TPSA) is 146 Å². The first-order valence-electron chi connectivity index (χ1n) is 21.2. The van der Waals surface area contributed by atoms with Gasteiger partial charge in [-0.05, 0) is 95.3 Å². The first-order valence-corrected chi connectivity index (χ1v) is 21.2. The molecule has 0 aromatic heterocycles. The summed E-state index contributed by atoms with van der Waals surface area (Å²) in [7, 11) is 2.51. The maximum atomic E-state index is 15.7. The summed E-state index contributed by atoms with van der Waals surface area (Å²) in [5.41, 5.74) is -4.71. The highest BCUT2D eigenvalue weighted by atomic mass is 19.1. The molecule has 8 atom stereocenters. The number of alkyl halides is 2. The Morgan fingerprint density at radius 3 is 1.20 bits per heavy atom. The molecular formula is C43H82F2O10. The van der Waals surface area contributed by atoms with Gasteiger partial charge >= 0.3 is 23.9 Å². The highest BCUT2D eigenvalue weighted by Gasteiger charge is 2.55. The maximum Gasteiger partial charge on any atom is 0.312 e. The molecule has 0 spiro atoms. The van der Waals surface area contributed by atoms with Crippen molar-refractivity contribution in [3.05, 3.63) is 0 Å². The minimum absolute atomic E-state index is 0.0229. The largest absolute Gasteiger partial charge is 0.469 e. The number of methoxy groups -OCH3 is 2. The van der Waals surface area contributed by atoms with E-state index < -0.39 is 57.9 Å². The predicted octanol–water partition coefficient (Wildman–Crippen LogP) is 9.54. The van der Waals surface area contributed by atoms with E-state index in [0.717, 1.165) is 0 Å². The average molecular weight is 797 g/mol. The molecule has 0 aromatic carbocycles. The van der Waals surface area contributed by atoms with E-state index in [9.17, 15) is 29.4 Å². The molecule has 10 nitrogen and oxygen atoms in total. The highest BCUT2D eigenvalue weighted by Crippen LogP contribution is 2.51. The summed E-state index contributed by atoms with van der Waals surface area (Å²) in [6.07, 6.45) is -0.875. The molecule has 2 heterocycles. The van der Waals surface area contributed by atoms with E-state index in [2.05, 4.69) is 0 Å². The predicted molar refractivity (Wildman–Crippen MR) is 215 cm³/mol. The van der Waals surface area contributed by atoms with E-state index in [1.165, 1.54) is 14.2 Å². The van der Waals surface area contributed by atoms with E-state index >= 15 is 8.78 Å². The van der Waals surface area contributed by atoms with Gasteiger partial charge in [-0.1, -0.05) is 83.1 Å². The zero-order chi connectivity index (χ0) is 43.5.